The van der Waals surface area contributed by atoms with Gasteiger partial charge < -0.3 is 5.32 Å². The quantitative estimate of drug-likeness (QED) is 0.946. The summed E-state index contributed by atoms with van der Waals surface area (Å²) in [6.45, 7) is 0.559. The maximum Gasteiger partial charge on any atom is 0.142 e. The minimum absolute atomic E-state index is 0.290. The fraction of sp³-hybridized carbons (Fsp3) is 0.167. The second-order valence-electron chi connectivity index (χ2n) is 3.51. The van der Waals surface area contributed by atoms with E-state index in [-0.39, 0.29) is 5.82 Å². The first-order valence-corrected chi connectivity index (χ1v) is 5.92. The third-order valence-electron chi connectivity index (χ3n) is 2.24. The van der Waals surface area contributed by atoms with Crippen molar-refractivity contribution in [2.24, 2.45) is 0 Å². The van der Waals surface area contributed by atoms with Crippen molar-refractivity contribution in [2.45, 2.75) is 6.54 Å². The molecule has 0 spiro atoms. The third kappa shape index (κ3) is 2.87. The zero-order chi connectivity index (χ0) is 12.3. The molecular formula is C12H11BrFN3. The Morgan fingerprint density at radius 1 is 1.35 bits per heavy atom. The van der Waals surface area contributed by atoms with Gasteiger partial charge in [0.25, 0.3) is 0 Å². The second-order valence-corrected chi connectivity index (χ2v) is 4.43. The molecule has 0 unspecified atom stereocenters. The van der Waals surface area contributed by atoms with Crippen molar-refractivity contribution in [3.8, 4) is 11.3 Å². The normalized spacial score (nSPS) is 10.5. The maximum absolute atomic E-state index is 13.7. The van der Waals surface area contributed by atoms with E-state index in [4.69, 9.17) is 0 Å². The number of benzene rings is 1. The van der Waals surface area contributed by atoms with Crippen molar-refractivity contribution in [3.05, 3.63) is 46.6 Å². The Bertz CT molecular complexity index is 531. The molecule has 0 aliphatic carbocycles. The molecule has 0 aliphatic rings. The maximum atomic E-state index is 13.7. The number of nitrogens with one attached hydrogen (secondary N) is 1. The van der Waals surface area contributed by atoms with Crippen LogP contribution in [0.25, 0.3) is 11.3 Å². The summed E-state index contributed by atoms with van der Waals surface area (Å²) in [6, 6.07) is 6.48. The van der Waals surface area contributed by atoms with E-state index >= 15 is 0 Å². The molecule has 0 bridgehead atoms. The summed E-state index contributed by atoms with van der Waals surface area (Å²) < 4.78 is 14.5. The molecule has 2 rings (SSSR count). The molecule has 0 atom stereocenters. The molecule has 1 heterocycles. The molecule has 1 aromatic carbocycles. The van der Waals surface area contributed by atoms with Crippen LogP contribution in [0.3, 0.4) is 0 Å². The predicted octanol–water partition coefficient (Wildman–Crippen LogP) is 2.76. The van der Waals surface area contributed by atoms with Crippen molar-refractivity contribution in [1.82, 2.24) is 15.3 Å². The van der Waals surface area contributed by atoms with Gasteiger partial charge in [-0.1, -0.05) is 15.9 Å². The summed E-state index contributed by atoms with van der Waals surface area (Å²) >= 11 is 3.32. The van der Waals surface area contributed by atoms with E-state index in [1.807, 2.05) is 7.05 Å². The van der Waals surface area contributed by atoms with Gasteiger partial charge in [-0.15, -0.1) is 0 Å². The van der Waals surface area contributed by atoms with E-state index < -0.39 is 0 Å². The molecule has 88 valence electrons. The number of hydrogen-bond acceptors (Lipinski definition) is 3. The van der Waals surface area contributed by atoms with Crippen LogP contribution in [0.2, 0.25) is 0 Å². The minimum Gasteiger partial charge on any atom is -0.313 e. The van der Waals surface area contributed by atoms with Gasteiger partial charge in [0.2, 0.25) is 0 Å². The van der Waals surface area contributed by atoms with Gasteiger partial charge in [0.1, 0.15) is 11.6 Å². The molecule has 0 saturated heterocycles. The van der Waals surface area contributed by atoms with E-state index in [0.29, 0.717) is 23.6 Å². The van der Waals surface area contributed by atoms with Crippen LogP contribution in [-0.4, -0.2) is 17.0 Å². The molecule has 0 aliphatic heterocycles. The Hall–Kier alpha value is -1.33. The van der Waals surface area contributed by atoms with E-state index in [1.165, 1.54) is 6.07 Å². The third-order valence-corrected chi connectivity index (χ3v) is 2.74. The lowest BCUT2D eigenvalue weighted by molar-refractivity contribution is 0.630. The lowest BCUT2D eigenvalue weighted by atomic mass is 10.1. The molecule has 0 amide bonds. The van der Waals surface area contributed by atoms with Gasteiger partial charge in [-0.25, -0.2) is 14.4 Å². The van der Waals surface area contributed by atoms with Crippen molar-refractivity contribution in [2.75, 3.05) is 7.05 Å². The first kappa shape index (κ1) is 12.1. The van der Waals surface area contributed by atoms with Crippen LogP contribution in [-0.2, 0) is 6.54 Å². The largest absolute Gasteiger partial charge is 0.313 e. The van der Waals surface area contributed by atoms with Gasteiger partial charge in [-0.2, -0.15) is 0 Å². The summed E-state index contributed by atoms with van der Waals surface area (Å²) in [5, 5.41) is 2.96. The van der Waals surface area contributed by atoms with Crippen LogP contribution >= 0.6 is 15.9 Å². The van der Waals surface area contributed by atoms with E-state index in [1.54, 1.807) is 24.4 Å². The first-order valence-electron chi connectivity index (χ1n) is 5.12. The molecule has 0 radical (unpaired) electrons. The molecule has 2 aromatic rings. The highest BCUT2D eigenvalue weighted by atomic mass is 79.9. The summed E-state index contributed by atoms with van der Waals surface area (Å²) in [4.78, 5) is 8.40. The molecule has 0 fully saturated rings. The van der Waals surface area contributed by atoms with Crippen LogP contribution in [0.4, 0.5) is 4.39 Å². The van der Waals surface area contributed by atoms with Gasteiger partial charge in [0.15, 0.2) is 0 Å². The topological polar surface area (TPSA) is 37.8 Å². The predicted molar refractivity (Wildman–Crippen MR) is 67.9 cm³/mol. The first-order chi connectivity index (χ1) is 8.20. The Kier molecular flexibility index (Phi) is 3.81. The van der Waals surface area contributed by atoms with Crippen LogP contribution in [0.5, 0.6) is 0 Å². The van der Waals surface area contributed by atoms with Gasteiger partial charge in [0.05, 0.1) is 12.2 Å². The van der Waals surface area contributed by atoms with Crippen molar-refractivity contribution in [3.63, 3.8) is 0 Å². The lowest BCUT2D eigenvalue weighted by Gasteiger charge is -2.05. The van der Waals surface area contributed by atoms with Gasteiger partial charge in [0, 0.05) is 16.2 Å². The van der Waals surface area contributed by atoms with E-state index in [2.05, 4.69) is 31.2 Å². The van der Waals surface area contributed by atoms with Crippen LogP contribution in [0, 0.1) is 5.82 Å². The highest BCUT2D eigenvalue weighted by Gasteiger charge is 2.08. The Morgan fingerprint density at radius 3 is 2.94 bits per heavy atom. The van der Waals surface area contributed by atoms with Crippen molar-refractivity contribution < 1.29 is 4.39 Å². The highest BCUT2D eigenvalue weighted by molar-refractivity contribution is 9.10. The lowest BCUT2D eigenvalue weighted by Crippen LogP contribution is -2.09. The fourth-order valence-corrected chi connectivity index (χ4v) is 1.85. The number of hydrogen-bond donors (Lipinski definition) is 1. The summed E-state index contributed by atoms with van der Waals surface area (Å²) in [5.41, 5.74) is 1.06. The number of halogens is 2. The summed E-state index contributed by atoms with van der Waals surface area (Å²) in [7, 11) is 1.82. The van der Waals surface area contributed by atoms with Crippen molar-refractivity contribution in [1.29, 1.82) is 0 Å². The van der Waals surface area contributed by atoms with Gasteiger partial charge in [-0.05, 0) is 31.3 Å². The monoisotopic (exact) mass is 295 g/mol. The molecule has 3 nitrogen and oxygen atoms in total. The number of nitrogens with zero attached hydrogens (tertiary/aromatic N) is 2. The SMILES string of the molecule is CNCc1nccc(-c2cc(Br)ccc2F)n1. The van der Waals surface area contributed by atoms with Crippen LogP contribution in [0.15, 0.2) is 34.9 Å². The van der Waals surface area contributed by atoms with Gasteiger partial charge >= 0.3 is 0 Å². The Balaban J connectivity index is 2.45. The van der Waals surface area contributed by atoms with Crippen LogP contribution < -0.4 is 5.32 Å². The molecule has 1 N–H and O–H groups in total. The smallest absolute Gasteiger partial charge is 0.142 e. The molecular weight excluding hydrogens is 285 g/mol. The Morgan fingerprint density at radius 2 is 2.18 bits per heavy atom. The molecule has 17 heavy (non-hydrogen) atoms. The average Bonchev–Trinajstić information content (AvgIpc) is 2.33. The van der Waals surface area contributed by atoms with E-state index in [0.717, 1.165) is 4.47 Å². The zero-order valence-electron chi connectivity index (χ0n) is 9.24. The minimum atomic E-state index is -0.290. The zero-order valence-corrected chi connectivity index (χ0v) is 10.8. The Labute approximate surface area is 107 Å². The summed E-state index contributed by atoms with van der Waals surface area (Å²) in [6.07, 6.45) is 1.63. The van der Waals surface area contributed by atoms with Gasteiger partial charge in [-0.3, -0.25) is 0 Å². The standard InChI is InChI=1S/C12H11BrFN3/c1-15-7-12-16-5-4-11(17-12)9-6-8(13)2-3-10(9)14/h2-6,15H,7H2,1H3. The van der Waals surface area contributed by atoms with E-state index in [9.17, 15) is 4.39 Å². The molecule has 5 heteroatoms. The highest BCUT2D eigenvalue weighted by Crippen LogP contribution is 2.24. The average molecular weight is 296 g/mol. The summed E-state index contributed by atoms with van der Waals surface area (Å²) in [5.74, 6) is 0.353. The van der Waals surface area contributed by atoms with Crippen molar-refractivity contribution >= 4 is 15.9 Å². The molecule has 1 aromatic heterocycles. The number of aromatic nitrogens is 2. The van der Waals surface area contributed by atoms with Crippen LogP contribution in [0.1, 0.15) is 5.82 Å². The molecule has 0 saturated carbocycles. The number of rotatable bonds is 3. The second kappa shape index (κ2) is 5.33. The fourth-order valence-electron chi connectivity index (χ4n) is 1.49.